The van der Waals surface area contributed by atoms with Crippen molar-refractivity contribution >= 4 is 49.9 Å². The molecule has 0 radical (unpaired) electrons. The van der Waals surface area contributed by atoms with Gasteiger partial charge in [-0.3, -0.25) is 0 Å². The van der Waals surface area contributed by atoms with Crippen molar-refractivity contribution < 1.29 is 5.11 Å². The summed E-state index contributed by atoms with van der Waals surface area (Å²) in [5.74, 6) is 0. The van der Waals surface area contributed by atoms with E-state index in [1.807, 2.05) is 35.7 Å². The molecular weight excluding hydrogens is 399 g/mol. The fourth-order valence-electron chi connectivity index (χ4n) is 1.46. The van der Waals surface area contributed by atoms with E-state index in [2.05, 4.69) is 38.5 Å². The number of rotatable bonds is 3. The van der Waals surface area contributed by atoms with E-state index in [0.717, 1.165) is 15.6 Å². The monoisotopic (exact) mass is 408 g/mol. The largest absolute Gasteiger partial charge is 0.388 e. The van der Waals surface area contributed by atoms with Crippen molar-refractivity contribution in [3.63, 3.8) is 0 Å². The van der Waals surface area contributed by atoms with Gasteiger partial charge in [0.2, 0.25) is 0 Å². The second-order valence-corrected chi connectivity index (χ2v) is 7.25. The van der Waals surface area contributed by atoms with Crippen LogP contribution in [0.25, 0.3) is 0 Å². The Morgan fingerprint density at radius 1 is 1.31 bits per heavy atom. The molecule has 0 saturated carbocycles. The molecule has 0 spiro atoms. The van der Waals surface area contributed by atoms with Crippen molar-refractivity contribution in [3.05, 3.63) is 54.2 Å². The van der Waals surface area contributed by atoms with Crippen LogP contribution < -0.4 is 0 Å². The minimum atomic E-state index is -0.402. The summed E-state index contributed by atoms with van der Waals surface area (Å²) in [6.45, 7) is 0. The Morgan fingerprint density at radius 3 is 2.56 bits per heavy atom. The summed E-state index contributed by atoms with van der Waals surface area (Å²) in [5.41, 5.74) is 2.16. The highest BCUT2D eigenvalue weighted by Gasteiger charge is 2.10. The Labute approximate surface area is 121 Å². The lowest BCUT2D eigenvalue weighted by atomic mass is 10.0. The highest BCUT2D eigenvalue weighted by atomic mass is 127. The Balaban J connectivity index is 2.07. The van der Waals surface area contributed by atoms with Crippen LogP contribution in [0, 0.1) is 2.88 Å². The lowest BCUT2D eigenvalue weighted by molar-refractivity contribution is 0.179. The van der Waals surface area contributed by atoms with Gasteiger partial charge < -0.3 is 5.11 Å². The molecule has 0 aliphatic rings. The number of hydrogen-bond donors (Lipinski definition) is 1. The second kappa shape index (κ2) is 5.62. The molecule has 1 unspecified atom stereocenters. The molecule has 4 heteroatoms. The van der Waals surface area contributed by atoms with Gasteiger partial charge in [-0.05, 0) is 57.3 Å². The van der Waals surface area contributed by atoms with Gasteiger partial charge in [-0.2, -0.15) is 0 Å². The third kappa shape index (κ3) is 3.29. The number of aliphatic hydroxyl groups is 1. The first-order chi connectivity index (χ1) is 7.65. The molecule has 0 fully saturated rings. The molecule has 0 bridgehead atoms. The molecule has 1 N–H and O–H groups in total. The predicted molar refractivity (Wildman–Crippen MR) is 79.8 cm³/mol. The Kier molecular flexibility index (Phi) is 4.41. The van der Waals surface area contributed by atoms with Gasteiger partial charge in [0.15, 0.2) is 0 Å². The highest BCUT2D eigenvalue weighted by Crippen LogP contribution is 2.25. The minimum Gasteiger partial charge on any atom is -0.388 e. The number of thiophene rings is 1. The van der Waals surface area contributed by atoms with E-state index in [1.165, 1.54) is 2.88 Å². The van der Waals surface area contributed by atoms with Crippen molar-refractivity contribution in [1.82, 2.24) is 0 Å². The van der Waals surface area contributed by atoms with E-state index < -0.39 is 6.10 Å². The zero-order valence-electron chi connectivity index (χ0n) is 8.36. The van der Waals surface area contributed by atoms with E-state index in [4.69, 9.17) is 0 Å². The molecule has 16 heavy (non-hydrogen) atoms. The summed E-state index contributed by atoms with van der Waals surface area (Å²) >= 11 is 7.33. The van der Waals surface area contributed by atoms with E-state index in [0.29, 0.717) is 6.42 Å². The third-order valence-electron chi connectivity index (χ3n) is 2.31. The number of hydrogen-bond acceptors (Lipinski definition) is 2. The van der Waals surface area contributed by atoms with Crippen LogP contribution in [-0.4, -0.2) is 5.11 Å². The number of benzene rings is 1. The van der Waals surface area contributed by atoms with Gasteiger partial charge in [-0.15, -0.1) is 11.3 Å². The number of halogens is 2. The Morgan fingerprint density at radius 2 is 2.00 bits per heavy atom. The third-order valence-corrected chi connectivity index (χ3v) is 4.65. The average Bonchev–Trinajstić information content (AvgIpc) is 2.68. The molecular formula is C12H10BrIOS. The summed E-state index contributed by atoms with van der Waals surface area (Å²) in [6, 6.07) is 10.1. The van der Waals surface area contributed by atoms with Gasteiger partial charge in [-0.25, -0.2) is 0 Å². The van der Waals surface area contributed by atoms with Crippen LogP contribution in [0.3, 0.4) is 0 Å². The number of aliphatic hydroxyl groups excluding tert-OH is 1. The van der Waals surface area contributed by atoms with E-state index in [-0.39, 0.29) is 0 Å². The predicted octanol–water partition coefficient (Wildman–Crippen LogP) is 4.39. The SMILES string of the molecule is OC(Cc1ccc(Br)cc1)c1csc(I)c1. The zero-order chi connectivity index (χ0) is 11.5. The summed E-state index contributed by atoms with van der Waals surface area (Å²) in [6.07, 6.45) is 0.265. The van der Waals surface area contributed by atoms with Crippen LogP contribution in [0.4, 0.5) is 0 Å². The molecule has 0 saturated heterocycles. The normalized spacial score (nSPS) is 12.7. The van der Waals surface area contributed by atoms with Crippen molar-refractivity contribution in [2.24, 2.45) is 0 Å². The molecule has 2 rings (SSSR count). The van der Waals surface area contributed by atoms with Gasteiger partial charge in [-0.1, -0.05) is 28.1 Å². The average molecular weight is 409 g/mol. The first-order valence-electron chi connectivity index (χ1n) is 4.81. The standard InChI is InChI=1S/C12H10BrIOS/c13-10-3-1-8(2-4-10)5-11(15)9-6-12(14)16-7-9/h1-4,6-7,11,15H,5H2. The highest BCUT2D eigenvalue weighted by molar-refractivity contribution is 14.1. The van der Waals surface area contributed by atoms with Crippen LogP contribution in [0.5, 0.6) is 0 Å². The maximum Gasteiger partial charge on any atom is 0.0838 e. The fraction of sp³-hybridized carbons (Fsp3) is 0.167. The van der Waals surface area contributed by atoms with Gasteiger partial charge in [0.05, 0.1) is 8.99 Å². The second-order valence-electron chi connectivity index (χ2n) is 3.53. The van der Waals surface area contributed by atoms with Gasteiger partial charge in [0.1, 0.15) is 0 Å². The zero-order valence-corrected chi connectivity index (χ0v) is 12.9. The molecule has 0 amide bonds. The van der Waals surface area contributed by atoms with Gasteiger partial charge >= 0.3 is 0 Å². The molecule has 1 nitrogen and oxygen atoms in total. The lowest BCUT2D eigenvalue weighted by Gasteiger charge is -2.08. The molecule has 0 aliphatic carbocycles. The van der Waals surface area contributed by atoms with Gasteiger partial charge in [0.25, 0.3) is 0 Å². The van der Waals surface area contributed by atoms with Crippen LogP contribution in [0.1, 0.15) is 17.2 Å². The molecule has 1 aromatic heterocycles. The molecule has 0 aliphatic heterocycles. The van der Waals surface area contributed by atoms with E-state index in [9.17, 15) is 5.11 Å². The molecule has 1 atom stereocenters. The topological polar surface area (TPSA) is 20.2 Å². The van der Waals surface area contributed by atoms with Crippen LogP contribution >= 0.6 is 49.9 Å². The first kappa shape index (κ1) is 12.5. The first-order valence-corrected chi connectivity index (χ1v) is 7.57. The maximum atomic E-state index is 10.0. The van der Waals surface area contributed by atoms with Crippen LogP contribution in [-0.2, 0) is 6.42 Å². The smallest absolute Gasteiger partial charge is 0.0838 e. The van der Waals surface area contributed by atoms with Crippen molar-refractivity contribution in [1.29, 1.82) is 0 Å². The van der Waals surface area contributed by atoms with Crippen molar-refractivity contribution in [2.75, 3.05) is 0 Å². The molecule has 1 aromatic carbocycles. The van der Waals surface area contributed by atoms with Gasteiger partial charge in [0, 0.05) is 10.9 Å². The Hall–Kier alpha value is 0.0900. The summed E-state index contributed by atoms with van der Waals surface area (Å²) in [4.78, 5) is 0. The minimum absolute atomic E-state index is 0.402. The van der Waals surface area contributed by atoms with E-state index >= 15 is 0 Å². The Bertz CT molecular complexity index is 466. The molecule has 2 aromatic rings. The summed E-state index contributed by atoms with van der Waals surface area (Å²) < 4.78 is 2.28. The maximum absolute atomic E-state index is 10.0. The van der Waals surface area contributed by atoms with E-state index in [1.54, 1.807) is 11.3 Å². The fourth-order valence-corrected chi connectivity index (χ4v) is 3.14. The molecule has 84 valence electrons. The summed E-state index contributed by atoms with van der Waals surface area (Å²) in [5, 5.41) is 12.1. The van der Waals surface area contributed by atoms with Crippen molar-refractivity contribution in [3.8, 4) is 0 Å². The lowest BCUT2D eigenvalue weighted by Crippen LogP contribution is -2.00. The summed E-state index contributed by atoms with van der Waals surface area (Å²) in [7, 11) is 0. The van der Waals surface area contributed by atoms with Crippen LogP contribution in [0.2, 0.25) is 0 Å². The van der Waals surface area contributed by atoms with Crippen LogP contribution in [0.15, 0.2) is 40.2 Å². The van der Waals surface area contributed by atoms with Crippen molar-refractivity contribution in [2.45, 2.75) is 12.5 Å². The molecule has 1 heterocycles. The quantitative estimate of drug-likeness (QED) is 0.746.